The van der Waals surface area contributed by atoms with Crippen molar-refractivity contribution in [2.45, 2.75) is 26.7 Å². The molecule has 2 amide bonds. The van der Waals surface area contributed by atoms with Crippen molar-refractivity contribution in [2.24, 2.45) is 0 Å². The summed E-state index contributed by atoms with van der Waals surface area (Å²) >= 11 is 12.1. The minimum absolute atomic E-state index is 0.0513. The van der Waals surface area contributed by atoms with Gasteiger partial charge in [-0.25, -0.2) is 4.79 Å². The molecule has 7 nitrogen and oxygen atoms in total. The normalized spacial score (nSPS) is 16.6. The number of carbonyl (C=O) groups is 3. The van der Waals surface area contributed by atoms with Crippen molar-refractivity contribution in [3.63, 3.8) is 0 Å². The van der Waals surface area contributed by atoms with E-state index >= 15 is 0 Å². The highest BCUT2D eigenvalue weighted by atomic mass is 35.5. The van der Waals surface area contributed by atoms with Crippen molar-refractivity contribution in [3.05, 3.63) is 79.6 Å². The van der Waals surface area contributed by atoms with Crippen molar-refractivity contribution in [1.82, 2.24) is 4.98 Å². The van der Waals surface area contributed by atoms with E-state index in [0.29, 0.717) is 35.6 Å². The van der Waals surface area contributed by atoms with Crippen molar-refractivity contribution < 1.29 is 19.1 Å². The zero-order valence-electron chi connectivity index (χ0n) is 19.0. The molecule has 0 radical (unpaired) electrons. The van der Waals surface area contributed by atoms with Crippen LogP contribution in [0.15, 0.2) is 30.5 Å². The number of esters is 1. The van der Waals surface area contributed by atoms with Crippen molar-refractivity contribution in [1.29, 1.82) is 0 Å². The van der Waals surface area contributed by atoms with Gasteiger partial charge in [0.15, 0.2) is 0 Å². The summed E-state index contributed by atoms with van der Waals surface area (Å²) in [6.07, 6.45) is 4.50. The highest BCUT2D eigenvalue weighted by molar-refractivity contribution is 6.37. The quantitative estimate of drug-likeness (QED) is 0.305. The van der Waals surface area contributed by atoms with Crippen LogP contribution in [0.25, 0.3) is 11.6 Å². The number of cyclic esters (lactones) is 1. The lowest BCUT2D eigenvalue weighted by Crippen LogP contribution is -2.16. The van der Waals surface area contributed by atoms with Crippen LogP contribution in [-0.2, 0) is 27.2 Å². The van der Waals surface area contributed by atoms with Crippen LogP contribution in [0.2, 0.25) is 10.0 Å². The van der Waals surface area contributed by atoms with E-state index in [4.69, 9.17) is 27.9 Å². The van der Waals surface area contributed by atoms with E-state index in [-0.39, 0.29) is 17.8 Å². The Labute approximate surface area is 211 Å². The predicted octanol–water partition coefficient (Wildman–Crippen LogP) is 5.33. The zero-order valence-corrected chi connectivity index (χ0v) is 20.5. The minimum Gasteiger partial charge on any atom is -0.462 e. The summed E-state index contributed by atoms with van der Waals surface area (Å²) in [6, 6.07) is 7.22. The number of H-pyrrole nitrogens is 1. The van der Waals surface area contributed by atoms with Crippen LogP contribution in [0, 0.1) is 13.8 Å². The molecule has 2 aromatic carbocycles. The number of ether oxygens (including phenoxy) is 1. The summed E-state index contributed by atoms with van der Waals surface area (Å²) < 4.78 is 5.02. The molecule has 0 aliphatic carbocycles. The van der Waals surface area contributed by atoms with Crippen LogP contribution in [0.1, 0.15) is 43.9 Å². The Morgan fingerprint density at radius 1 is 0.914 bits per heavy atom. The van der Waals surface area contributed by atoms with E-state index in [1.807, 2.05) is 19.9 Å². The van der Waals surface area contributed by atoms with Gasteiger partial charge in [0.25, 0.3) is 5.91 Å². The fraction of sp³-hybridized carbons (Fsp3) is 0.192. The molecule has 0 saturated carbocycles. The number of anilines is 2. The first kappa shape index (κ1) is 23.2. The molecule has 6 rings (SSSR count). The molecule has 0 atom stereocenters. The third-order valence-electron chi connectivity index (χ3n) is 6.42. The number of nitrogens with one attached hydrogen (secondary N) is 3. The molecule has 9 heteroatoms. The maximum Gasteiger partial charge on any atom is 0.339 e. The van der Waals surface area contributed by atoms with Crippen LogP contribution in [0.5, 0.6) is 0 Å². The number of amides is 2. The number of halogens is 2. The first-order chi connectivity index (χ1) is 16.7. The summed E-state index contributed by atoms with van der Waals surface area (Å²) in [4.78, 5) is 38.1. The van der Waals surface area contributed by atoms with Gasteiger partial charge >= 0.3 is 5.97 Å². The van der Waals surface area contributed by atoms with E-state index in [1.54, 1.807) is 30.5 Å². The first-order valence-corrected chi connectivity index (χ1v) is 11.8. The fourth-order valence-corrected chi connectivity index (χ4v) is 4.86. The Morgan fingerprint density at radius 2 is 1.63 bits per heavy atom. The molecule has 1 aromatic heterocycles. The lowest BCUT2D eigenvalue weighted by molar-refractivity contribution is -0.115. The molecular formula is C26H21Cl2N3O4. The summed E-state index contributed by atoms with van der Waals surface area (Å²) in [7, 11) is 0. The number of aromatic nitrogens is 1. The van der Waals surface area contributed by atoms with Gasteiger partial charge in [-0.2, -0.15) is 0 Å². The molecule has 0 bridgehead atoms. The third-order valence-corrected chi connectivity index (χ3v) is 7.24. The van der Waals surface area contributed by atoms with Crippen LogP contribution < -0.4 is 10.6 Å². The largest absolute Gasteiger partial charge is 0.462 e. The van der Waals surface area contributed by atoms with E-state index in [0.717, 1.165) is 49.9 Å². The Bertz CT molecular complexity index is 1460. The smallest absolute Gasteiger partial charge is 0.339 e. The van der Waals surface area contributed by atoms with Gasteiger partial charge in [-0.3, -0.25) is 9.59 Å². The maximum atomic E-state index is 12.3. The molecule has 0 unspecified atom stereocenters. The van der Waals surface area contributed by atoms with Gasteiger partial charge in [-0.1, -0.05) is 23.2 Å². The fourth-order valence-electron chi connectivity index (χ4n) is 4.52. The number of rotatable bonds is 1. The highest BCUT2D eigenvalue weighted by Crippen LogP contribution is 2.39. The van der Waals surface area contributed by atoms with Crippen LogP contribution in [-0.4, -0.2) is 29.4 Å². The topological polar surface area (TPSA) is 100 Å². The molecule has 3 aromatic rings. The monoisotopic (exact) mass is 509 g/mol. The average molecular weight is 510 g/mol. The molecule has 4 heterocycles. The standard InChI is InChI=1S/C17H13ClN2O3.C9H8ClNO/c1-8-12(18)2-3-13-15(8)10(16(21)20-13)6-14-9-4-5-23-17(22)11(9)7-19-14;1-5-6-4-9(12)11-8(6)3-2-7(5)10/h2-3,6-7,19H,4-5H2,1H3,(H,20,21);2-3H,4H2,1H3,(H,11,12). The zero-order chi connectivity index (χ0) is 24.9. The van der Waals surface area contributed by atoms with Gasteiger partial charge in [-0.05, 0) is 66.4 Å². The Balaban J connectivity index is 0.000000178. The average Bonchev–Trinajstić information content (AvgIpc) is 3.51. The summed E-state index contributed by atoms with van der Waals surface area (Å²) in [5.41, 5.74) is 8.08. The maximum absolute atomic E-state index is 12.3. The van der Waals surface area contributed by atoms with E-state index in [9.17, 15) is 14.4 Å². The van der Waals surface area contributed by atoms with Crippen molar-refractivity contribution in [3.8, 4) is 0 Å². The molecule has 35 heavy (non-hydrogen) atoms. The summed E-state index contributed by atoms with van der Waals surface area (Å²) in [6.45, 7) is 4.17. The number of hydrogen-bond acceptors (Lipinski definition) is 4. The summed E-state index contributed by atoms with van der Waals surface area (Å²) in [5, 5.41) is 6.95. The molecule has 0 fully saturated rings. The van der Waals surface area contributed by atoms with Crippen LogP contribution in [0.3, 0.4) is 0 Å². The van der Waals surface area contributed by atoms with E-state index in [2.05, 4.69) is 15.6 Å². The van der Waals surface area contributed by atoms with E-state index < -0.39 is 0 Å². The van der Waals surface area contributed by atoms with Gasteiger partial charge in [0, 0.05) is 45.3 Å². The lowest BCUT2D eigenvalue weighted by atomic mass is 9.98. The lowest BCUT2D eigenvalue weighted by Gasteiger charge is -2.12. The van der Waals surface area contributed by atoms with E-state index in [1.165, 1.54) is 0 Å². The molecule has 0 spiro atoms. The third kappa shape index (κ3) is 4.11. The predicted molar refractivity (Wildman–Crippen MR) is 136 cm³/mol. The second kappa shape index (κ2) is 8.91. The second-order valence-corrected chi connectivity index (χ2v) is 9.33. The van der Waals surface area contributed by atoms with Gasteiger partial charge in [0.1, 0.15) is 0 Å². The number of fused-ring (bicyclic) bond motifs is 3. The van der Waals surface area contributed by atoms with Gasteiger partial charge in [0.05, 0.1) is 24.2 Å². The molecule has 3 N–H and O–H groups in total. The Morgan fingerprint density at radius 3 is 2.40 bits per heavy atom. The Hall–Kier alpha value is -3.55. The number of carbonyl (C=O) groups excluding carboxylic acids is 3. The number of benzene rings is 2. The van der Waals surface area contributed by atoms with Gasteiger partial charge < -0.3 is 20.4 Å². The van der Waals surface area contributed by atoms with Gasteiger partial charge in [-0.15, -0.1) is 0 Å². The van der Waals surface area contributed by atoms with Crippen molar-refractivity contribution >= 4 is 64.0 Å². The second-order valence-electron chi connectivity index (χ2n) is 8.51. The molecule has 3 aliphatic rings. The van der Waals surface area contributed by atoms with Crippen molar-refractivity contribution in [2.75, 3.05) is 17.2 Å². The Kier molecular flexibility index (Phi) is 5.91. The molecule has 3 aliphatic heterocycles. The van der Waals surface area contributed by atoms with Gasteiger partial charge in [0.2, 0.25) is 5.91 Å². The highest BCUT2D eigenvalue weighted by Gasteiger charge is 2.29. The first-order valence-electron chi connectivity index (χ1n) is 11.0. The number of hydrogen-bond donors (Lipinski definition) is 3. The van der Waals surface area contributed by atoms with Crippen LogP contribution >= 0.6 is 23.2 Å². The molecule has 0 saturated heterocycles. The number of aromatic amines is 1. The SMILES string of the molecule is Cc1c(Cl)ccc2c1C(=Cc1[nH]cc3c1CCOC3=O)C(=O)N2.Cc1c(Cl)ccc2c1CC(=O)N2. The van der Waals surface area contributed by atoms with Crippen LogP contribution in [0.4, 0.5) is 11.4 Å². The molecule has 178 valence electrons. The minimum atomic E-state index is -0.331. The molecular weight excluding hydrogens is 489 g/mol. The summed E-state index contributed by atoms with van der Waals surface area (Å²) in [5.74, 6) is -0.454.